The van der Waals surface area contributed by atoms with E-state index in [1.54, 1.807) is 12.1 Å². The Morgan fingerprint density at radius 2 is 2.18 bits per heavy atom. The second kappa shape index (κ2) is 6.48. The number of hydrogen-bond acceptors (Lipinski definition) is 3. The molecule has 0 heterocycles. The molecule has 0 amide bonds. The van der Waals surface area contributed by atoms with Gasteiger partial charge in [-0.05, 0) is 32.0 Å². The van der Waals surface area contributed by atoms with Gasteiger partial charge in [-0.2, -0.15) is 5.26 Å². The van der Waals surface area contributed by atoms with Crippen molar-refractivity contribution in [2.24, 2.45) is 0 Å². The Kier molecular flexibility index (Phi) is 5.27. The summed E-state index contributed by atoms with van der Waals surface area (Å²) in [5.41, 5.74) is 1.74. The third-order valence-corrected chi connectivity index (χ3v) is 2.84. The molecule has 0 aliphatic rings. The summed E-state index contributed by atoms with van der Waals surface area (Å²) in [5, 5.41) is 18.6. The Bertz CT molecular complexity index is 412. The fourth-order valence-corrected chi connectivity index (χ4v) is 1.98. The molecule has 3 nitrogen and oxygen atoms in total. The lowest BCUT2D eigenvalue weighted by Gasteiger charge is -2.30. The van der Waals surface area contributed by atoms with Crippen LogP contribution >= 0.6 is 11.6 Å². The first-order chi connectivity index (χ1) is 8.10. The molecule has 4 heteroatoms. The second-order valence-corrected chi connectivity index (χ2v) is 4.56. The second-order valence-electron chi connectivity index (χ2n) is 4.13. The zero-order chi connectivity index (χ0) is 12.8. The average Bonchev–Trinajstić information content (AvgIpc) is 2.30. The molecule has 0 aromatic heterocycles. The minimum Gasteiger partial charge on any atom is -0.392 e. The van der Waals surface area contributed by atoms with Crippen molar-refractivity contribution in [3.05, 3.63) is 28.8 Å². The number of halogens is 1. The van der Waals surface area contributed by atoms with Crippen LogP contribution in [-0.4, -0.2) is 17.7 Å². The molecule has 0 saturated heterocycles. The average molecular weight is 253 g/mol. The predicted molar refractivity (Wildman–Crippen MR) is 70.1 cm³/mol. The van der Waals surface area contributed by atoms with E-state index in [0.717, 1.165) is 11.3 Å². The SMILES string of the molecule is CC(C)N(CCC#N)c1ccc(Cl)cc1CO. The highest BCUT2D eigenvalue weighted by molar-refractivity contribution is 6.30. The van der Waals surface area contributed by atoms with Gasteiger partial charge < -0.3 is 10.0 Å². The van der Waals surface area contributed by atoms with E-state index >= 15 is 0 Å². The Hall–Kier alpha value is -1.24. The van der Waals surface area contributed by atoms with Crippen LogP contribution in [0.3, 0.4) is 0 Å². The van der Waals surface area contributed by atoms with E-state index in [0.29, 0.717) is 18.0 Å². The number of nitriles is 1. The van der Waals surface area contributed by atoms with Gasteiger partial charge >= 0.3 is 0 Å². The molecule has 1 N–H and O–H groups in total. The number of rotatable bonds is 5. The first kappa shape index (κ1) is 13.8. The number of nitrogens with zero attached hydrogens (tertiary/aromatic N) is 2. The lowest BCUT2D eigenvalue weighted by molar-refractivity contribution is 0.282. The first-order valence-electron chi connectivity index (χ1n) is 5.63. The minimum absolute atomic E-state index is 0.0499. The third kappa shape index (κ3) is 3.62. The van der Waals surface area contributed by atoms with Gasteiger partial charge in [-0.25, -0.2) is 0 Å². The largest absolute Gasteiger partial charge is 0.392 e. The van der Waals surface area contributed by atoms with Crippen molar-refractivity contribution < 1.29 is 5.11 Å². The third-order valence-electron chi connectivity index (χ3n) is 2.61. The van der Waals surface area contributed by atoms with Crippen LogP contribution < -0.4 is 4.90 Å². The Labute approximate surface area is 107 Å². The van der Waals surface area contributed by atoms with Crippen molar-refractivity contribution in [3.8, 4) is 6.07 Å². The summed E-state index contributed by atoms with van der Waals surface area (Å²) in [5.74, 6) is 0. The van der Waals surface area contributed by atoms with Gasteiger partial charge in [0.1, 0.15) is 0 Å². The molecule has 0 radical (unpaired) electrons. The van der Waals surface area contributed by atoms with Crippen molar-refractivity contribution in [1.29, 1.82) is 5.26 Å². The van der Waals surface area contributed by atoms with Gasteiger partial charge in [0.15, 0.2) is 0 Å². The molecule has 0 bridgehead atoms. The van der Waals surface area contributed by atoms with Crippen LogP contribution in [0.25, 0.3) is 0 Å². The van der Waals surface area contributed by atoms with Gasteiger partial charge in [0.25, 0.3) is 0 Å². The van der Waals surface area contributed by atoms with Crippen molar-refractivity contribution in [3.63, 3.8) is 0 Å². The maximum atomic E-state index is 9.35. The van der Waals surface area contributed by atoms with Crippen molar-refractivity contribution in [1.82, 2.24) is 0 Å². The van der Waals surface area contributed by atoms with Crippen molar-refractivity contribution in [2.45, 2.75) is 32.9 Å². The summed E-state index contributed by atoms with van der Waals surface area (Å²) < 4.78 is 0. The van der Waals surface area contributed by atoms with Crippen molar-refractivity contribution in [2.75, 3.05) is 11.4 Å². The molecule has 0 spiro atoms. The molecule has 0 saturated carbocycles. The van der Waals surface area contributed by atoms with Crippen LogP contribution in [-0.2, 0) is 6.61 Å². The predicted octanol–water partition coefficient (Wildman–Crippen LogP) is 2.96. The smallest absolute Gasteiger partial charge is 0.0702 e. The van der Waals surface area contributed by atoms with Gasteiger partial charge in [0.05, 0.1) is 19.1 Å². The zero-order valence-corrected chi connectivity index (χ0v) is 10.9. The van der Waals surface area contributed by atoms with E-state index in [9.17, 15) is 5.11 Å². The standard InChI is InChI=1S/C13H17ClN2O/c1-10(2)16(7-3-6-15)13-5-4-12(14)8-11(13)9-17/h4-5,8,10,17H,3,7,9H2,1-2H3. The molecule has 92 valence electrons. The fraction of sp³-hybridized carbons (Fsp3) is 0.462. The molecule has 1 aromatic carbocycles. The summed E-state index contributed by atoms with van der Waals surface area (Å²) in [6.45, 7) is 4.73. The van der Waals surface area contributed by atoms with Crippen LogP contribution in [0.1, 0.15) is 25.8 Å². The molecule has 17 heavy (non-hydrogen) atoms. The number of aliphatic hydroxyl groups is 1. The highest BCUT2D eigenvalue weighted by Gasteiger charge is 2.14. The van der Waals surface area contributed by atoms with Crippen LogP contribution in [0.5, 0.6) is 0 Å². The molecule has 0 aliphatic carbocycles. The topological polar surface area (TPSA) is 47.3 Å². The first-order valence-corrected chi connectivity index (χ1v) is 6.00. The van der Waals surface area contributed by atoms with Gasteiger partial charge in [-0.15, -0.1) is 0 Å². The molecular weight excluding hydrogens is 236 g/mol. The van der Waals surface area contributed by atoms with E-state index in [4.69, 9.17) is 16.9 Å². The van der Waals surface area contributed by atoms with Crippen molar-refractivity contribution >= 4 is 17.3 Å². The summed E-state index contributed by atoms with van der Waals surface area (Å²) in [7, 11) is 0. The number of aliphatic hydroxyl groups excluding tert-OH is 1. The van der Waals surface area contributed by atoms with Crippen LogP contribution in [0.4, 0.5) is 5.69 Å². The summed E-state index contributed by atoms with van der Waals surface area (Å²) in [4.78, 5) is 2.10. The number of benzene rings is 1. The maximum absolute atomic E-state index is 9.35. The minimum atomic E-state index is -0.0499. The quantitative estimate of drug-likeness (QED) is 0.877. The van der Waals surface area contributed by atoms with E-state index in [1.807, 2.05) is 6.07 Å². The van der Waals surface area contributed by atoms with Crippen LogP contribution in [0, 0.1) is 11.3 Å². The molecular formula is C13H17ClN2O. The molecule has 0 unspecified atom stereocenters. The highest BCUT2D eigenvalue weighted by atomic mass is 35.5. The Morgan fingerprint density at radius 1 is 1.47 bits per heavy atom. The van der Waals surface area contributed by atoms with E-state index < -0.39 is 0 Å². The van der Waals surface area contributed by atoms with E-state index in [-0.39, 0.29) is 12.6 Å². The number of hydrogen-bond donors (Lipinski definition) is 1. The van der Waals surface area contributed by atoms with Gasteiger partial charge in [-0.1, -0.05) is 11.6 Å². The molecule has 0 fully saturated rings. The van der Waals surface area contributed by atoms with Gasteiger partial charge in [0, 0.05) is 28.9 Å². The lowest BCUT2D eigenvalue weighted by Crippen LogP contribution is -2.32. The summed E-state index contributed by atoms with van der Waals surface area (Å²) >= 11 is 5.90. The molecule has 0 aliphatic heterocycles. The lowest BCUT2D eigenvalue weighted by atomic mass is 10.1. The molecule has 1 aromatic rings. The number of anilines is 1. The van der Waals surface area contributed by atoms with Crippen LogP contribution in [0.15, 0.2) is 18.2 Å². The highest BCUT2D eigenvalue weighted by Crippen LogP contribution is 2.26. The molecule has 0 atom stereocenters. The van der Waals surface area contributed by atoms with E-state index in [2.05, 4.69) is 24.8 Å². The summed E-state index contributed by atoms with van der Waals surface area (Å²) in [6, 6.07) is 7.87. The summed E-state index contributed by atoms with van der Waals surface area (Å²) in [6.07, 6.45) is 0.464. The van der Waals surface area contributed by atoms with E-state index in [1.165, 1.54) is 0 Å². The van der Waals surface area contributed by atoms with Gasteiger partial charge in [-0.3, -0.25) is 0 Å². The molecule has 1 rings (SSSR count). The Balaban J connectivity index is 3.05. The zero-order valence-electron chi connectivity index (χ0n) is 10.2. The van der Waals surface area contributed by atoms with Crippen LogP contribution in [0.2, 0.25) is 5.02 Å². The monoisotopic (exact) mass is 252 g/mol. The van der Waals surface area contributed by atoms with Gasteiger partial charge in [0.2, 0.25) is 0 Å². The Morgan fingerprint density at radius 3 is 2.71 bits per heavy atom. The normalized spacial score (nSPS) is 10.4. The fourth-order valence-electron chi connectivity index (χ4n) is 1.79. The maximum Gasteiger partial charge on any atom is 0.0702 e.